The summed E-state index contributed by atoms with van der Waals surface area (Å²) in [6.45, 7) is -0.571. The molecule has 0 bridgehead atoms. The van der Waals surface area contributed by atoms with Crippen LogP contribution < -0.4 is 15.8 Å². The van der Waals surface area contributed by atoms with Gasteiger partial charge < -0.3 is 20.7 Å². The number of hydrogen-bond donors (Lipinski definition) is 3. The van der Waals surface area contributed by atoms with E-state index in [2.05, 4.69) is 25.2 Å². The Hall–Kier alpha value is -3.31. The largest absolute Gasteiger partial charge is 0.468 e. The van der Waals surface area contributed by atoms with Crippen LogP contribution in [0.4, 0.5) is 23.7 Å². The van der Waals surface area contributed by atoms with E-state index in [1.165, 1.54) is 24.5 Å². The van der Waals surface area contributed by atoms with Crippen LogP contribution >= 0.6 is 0 Å². The van der Waals surface area contributed by atoms with Crippen molar-refractivity contribution >= 4 is 17.6 Å². The SMILES string of the molecule is NC(=O)c1cn[nH]c1[C@@H]1CCCN(C(=O)Nc2ccc(OCC(F)(F)F)nc2)C1. The topological polar surface area (TPSA) is 126 Å². The Morgan fingerprint density at radius 3 is 2.79 bits per heavy atom. The van der Waals surface area contributed by atoms with Crippen LogP contribution in [0.1, 0.15) is 34.8 Å². The molecule has 29 heavy (non-hydrogen) atoms. The van der Waals surface area contributed by atoms with Crippen LogP contribution in [0, 0.1) is 0 Å². The maximum atomic E-state index is 12.5. The summed E-state index contributed by atoms with van der Waals surface area (Å²) in [5, 5.41) is 9.28. The molecular weight excluding hydrogens is 393 g/mol. The van der Waals surface area contributed by atoms with Crippen LogP contribution in [0.25, 0.3) is 0 Å². The van der Waals surface area contributed by atoms with E-state index in [1.54, 1.807) is 4.90 Å². The molecule has 3 amide bonds. The molecule has 0 aliphatic carbocycles. The average molecular weight is 412 g/mol. The number of alkyl halides is 3. The summed E-state index contributed by atoms with van der Waals surface area (Å²) in [5.74, 6) is -0.901. The van der Waals surface area contributed by atoms with Gasteiger partial charge in [0.15, 0.2) is 6.61 Å². The van der Waals surface area contributed by atoms with E-state index in [-0.39, 0.29) is 17.8 Å². The van der Waals surface area contributed by atoms with E-state index in [0.717, 1.165) is 12.8 Å². The molecule has 9 nitrogen and oxygen atoms in total. The lowest BCUT2D eigenvalue weighted by Gasteiger charge is -2.32. The fourth-order valence-electron chi connectivity index (χ4n) is 3.10. The molecule has 2 aromatic rings. The number of H-pyrrole nitrogens is 1. The first kappa shape index (κ1) is 20.4. The molecule has 12 heteroatoms. The third-order valence-corrected chi connectivity index (χ3v) is 4.42. The van der Waals surface area contributed by atoms with Gasteiger partial charge in [-0.3, -0.25) is 9.89 Å². The lowest BCUT2D eigenvalue weighted by molar-refractivity contribution is -0.154. The number of hydrogen-bond acceptors (Lipinski definition) is 5. The van der Waals surface area contributed by atoms with Crippen LogP contribution in [0.2, 0.25) is 0 Å². The number of urea groups is 1. The fraction of sp³-hybridized carbons (Fsp3) is 0.412. The maximum Gasteiger partial charge on any atom is 0.422 e. The minimum Gasteiger partial charge on any atom is -0.468 e. The van der Waals surface area contributed by atoms with Gasteiger partial charge >= 0.3 is 12.2 Å². The third kappa shape index (κ3) is 5.36. The summed E-state index contributed by atoms with van der Waals surface area (Å²) in [7, 11) is 0. The van der Waals surface area contributed by atoms with Gasteiger partial charge in [0.05, 0.1) is 29.3 Å². The number of aromatic nitrogens is 3. The van der Waals surface area contributed by atoms with Gasteiger partial charge in [0.2, 0.25) is 5.88 Å². The van der Waals surface area contributed by atoms with Gasteiger partial charge in [-0.25, -0.2) is 9.78 Å². The molecule has 1 fully saturated rings. The van der Waals surface area contributed by atoms with Crippen molar-refractivity contribution in [3.05, 3.63) is 35.8 Å². The fourth-order valence-corrected chi connectivity index (χ4v) is 3.10. The monoisotopic (exact) mass is 412 g/mol. The van der Waals surface area contributed by atoms with Crippen LogP contribution in [0.3, 0.4) is 0 Å². The van der Waals surface area contributed by atoms with Crippen molar-refractivity contribution in [3.8, 4) is 5.88 Å². The first-order chi connectivity index (χ1) is 13.7. The number of primary amides is 1. The first-order valence-corrected chi connectivity index (χ1v) is 8.77. The van der Waals surface area contributed by atoms with Crippen LogP contribution in [-0.4, -0.2) is 57.9 Å². The Balaban J connectivity index is 1.59. The van der Waals surface area contributed by atoms with E-state index < -0.39 is 18.7 Å². The zero-order valence-electron chi connectivity index (χ0n) is 15.2. The zero-order chi connectivity index (χ0) is 21.0. The Morgan fingerprint density at radius 2 is 2.14 bits per heavy atom. The maximum absolute atomic E-state index is 12.5. The first-order valence-electron chi connectivity index (χ1n) is 8.77. The summed E-state index contributed by atoms with van der Waals surface area (Å²) >= 11 is 0. The van der Waals surface area contributed by atoms with Gasteiger partial charge in [-0.2, -0.15) is 18.3 Å². The van der Waals surface area contributed by atoms with Crippen molar-refractivity contribution in [2.45, 2.75) is 24.9 Å². The summed E-state index contributed by atoms with van der Waals surface area (Å²) in [5.41, 5.74) is 6.57. The number of nitrogens with one attached hydrogen (secondary N) is 2. The second-order valence-corrected chi connectivity index (χ2v) is 6.57. The molecule has 0 radical (unpaired) electrons. The number of nitrogens with zero attached hydrogens (tertiary/aromatic N) is 3. The van der Waals surface area contributed by atoms with Crippen molar-refractivity contribution in [1.29, 1.82) is 0 Å². The quantitative estimate of drug-likeness (QED) is 0.694. The Morgan fingerprint density at radius 1 is 1.34 bits per heavy atom. The predicted octanol–water partition coefficient (Wildman–Crippen LogP) is 2.26. The molecule has 1 aliphatic rings. The van der Waals surface area contributed by atoms with Gasteiger partial charge in [-0.15, -0.1) is 0 Å². The number of halogens is 3. The predicted molar refractivity (Wildman–Crippen MR) is 95.5 cm³/mol. The summed E-state index contributed by atoms with van der Waals surface area (Å²) in [4.78, 5) is 29.4. The molecule has 3 heterocycles. The van der Waals surface area contributed by atoms with Gasteiger partial charge in [0, 0.05) is 25.1 Å². The number of ether oxygens (including phenoxy) is 1. The highest BCUT2D eigenvalue weighted by molar-refractivity contribution is 5.94. The van der Waals surface area contributed by atoms with Crippen molar-refractivity contribution in [3.63, 3.8) is 0 Å². The van der Waals surface area contributed by atoms with Gasteiger partial charge in [-0.1, -0.05) is 0 Å². The molecule has 0 saturated carbocycles. The van der Waals surface area contributed by atoms with Crippen molar-refractivity contribution in [1.82, 2.24) is 20.1 Å². The Kier molecular flexibility index (Phi) is 5.89. The molecule has 0 spiro atoms. The normalized spacial score (nSPS) is 17.1. The molecule has 4 N–H and O–H groups in total. The average Bonchev–Trinajstić information content (AvgIpc) is 3.17. The van der Waals surface area contributed by atoms with E-state index in [1.807, 2.05) is 0 Å². The molecule has 2 aromatic heterocycles. The van der Waals surface area contributed by atoms with Gasteiger partial charge in [-0.05, 0) is 18.9 Å². The van der Waals surface area contributed by atoms with Crippen molar-refractivity contribution in [2.24, 2.45) is 5.73 Å². The smallest absolute Gasteiger partial charge is 0.422 e. The number of piperidine rings is 1. The van der Waals surface area contributed by atoms with E-state index in [4.69, 9.17) is 5.73 Å². The molecule has 3 rings (SSSR count). The number of rotatable bonds is 5. The van der Waals surface area contributed by atoms with Crippen molar-refractivity contribution < 1.29 is 27.5 Å². The third-order valence-electron chi connectivity index (χ3n) is 4.42. The number of aromatic amines is 1. The summed E-state index contributed by atoms with van der Waals surface area (Å²) in [6.07, 6.45) is -0.394. The minimum absolute atomic E-state index is 0.115. The lowest BCUT2D eigenvalue weighted by atomic mass is 9.92. The highest BCUT2D eigenvalue weighted by Crippen LogP contribution is 2.28. The van der Waals surface area contributed by atoms with Crippen LogP contribution in [0.15, 0.2) is 24.5 Å². The number of amides is 3. The van der Waals surface area contributed by atoms with E-state index >= 15 is 0 Å². The molecular formula is C17H19F3N6O3. The number of carbonyl (C=O) groups is 2. The second-order valence-electron chi connectivity index (χ2n) is 6.57. The van der Waals surface area contributed by atoms with Crippen LogP contribution in [0.5, 0.6) is 5.88 Å². The summed E-state index contributed by atoms with van der Waals surface area (Å²) in [6, 6.07) is 2.25. The number of pyridine rings is 1. The zero-order valence-corrected chi connectivity index (χ0v) is 15.2. The number of nitrogens with two attached hydrogens (primary N) is 1. The lowest BCUT2D eigenvalue weighted by Crippen LogP contribution is -2.42. The Labute approximate surface area is 163 Å². The van der Waals surface area contributed by atoms with E-state index in [9.17, 15) is 22.8 Å². The molecule has 0 aromatic carbocycles. The molecule has 1 saturated heterocycles. The van der Waals surface area contributed by atoms with Gasteiger partial charge in [0.25, 0.3) is 5.91 Å². The summed E-state index contributed by atoms with van der Waals surface area (Å²) < 4.78 is 41.0. The highest BCUT2D eigenvalue weighted by Gasteiger charge is 2.29. The highest BCUT2D eigenvalue weighted by atomic mass is 19.4. The molecule has 0 unspecified atom stereocenters. The standard InChI is InChI=1S/C17H19F3N6O3/c18-17(19,20)9-29-13-4-3-11(6-22-13)24-16(28)26-5-1-2-10(8-26)14-12(15(21)27)7-23-25-14/h3-4,6-7,10H,1-2,5,8-9H2,(H2,21,27)(H,23,25)(H,24,28)/t10-/m1/s1. The minimum atomic E-state index is -4.46. The number of carbonyl (C=O) groups excluding carboxylic acids is 2. The van der Waals surface area contributed by atoms with Gasteiger partial charge in [0.1, 0.15) is 0 Å². The molecule has 1 atom stereocenters. The van der Waals surface area contributed by atoms with E-state index in [0.29, 0.717) is 30.0 Å². The van der Waals surface area contributed by atoms with Crippen molar-refractivity contribution in [2.75, 3.05) is 25.0 Å². The van der Waals surface area contributed by atoms with Crippen LogP contribution in [-0.2, 0) is 0 Å². The number of likely N-dealkylation sites (tertiary alicyclic amines) is 1. The number of anilines is 1. The Bertz CT molecular complexity index is 868. The molecule has 156 valence electrons. The second kappa shape index (κ2) is 8.37. The molecule has 1 aliphatic heterocycles.